The normalized spacial score (nSPS) is 22.9. The van der Waals surface area contributed by atoms with Gasteiger partial charge in [0.1, 0.15) is 5.01 Å². The minimum Gasteiger partial charge on any atom is -0.307 e. The molecule has 0 saturated heterocycles. The van der Waals surface area contributed by atoms with Gasteiger partial charge in [0, 0.05) is 23.5 Å². The highest BCUT2D eigenvalue weighted by Crippen LogP contribution is 2.25. The van der Waals surface area contributed by atoms with Crippen LogP contribution in [0.15, 0.2) is 35.7 Å². The Balaban J connectivity index is 1.60. The second kappa shape index (κ2) is 7.19. The molecule has 1 aromatic carbocycles. The molecule has 2 aromatic rings. The average molecular weight is 300 g/mol. The zero-order valence-corrected chi connectivity index (χ0v) is 13.5. The van der Waals surface area contributed by atoms with Crippen molar-refractivity contribution in [3.05, 3.63) is 40.7 Å². The predicted octanol–water partition coefficient (Wildman–Crippen LogP) is 4.87. The van der Waals surface area contributed by atoms with Gasteiger partial charge in [-0.1, -0.05) is 56.5 Å². The summed E-state index contributed by atoms with van der Waals surface area (Å²) in [6, 6.07) is 11.1. The maximum Gasteiger partial charge on any atom is 0.107 e. The van der Waals surface area contributed by atoms with Crippen molar-refractivity contribution < 1.29 is 0 Å². The maximum atomic E-state index is 4.77. The van der Waals surface area contributed by atoms with Crippen molar-refractivity contribution in [2.75, 3.05) is 0 Å². The molecule has 0 amide bonds. The van der Waals surface area contributed by atoms with Gasteiger partial charge in [0.25, 0.3) is 0 Å². The standard InChI is InChI=1S/C18H24N2S/c1-14-8-4-2-7-11-16(14)19-12-18-20-17(13-21-18)15-9-5-3-6-10-15/h3,5-6,9-10,13-14,16,19H,2,4,7-8,11-12H2,1H3. The first-order valence-electron chi connectivity index (χ1n) is 8.06. The molecule has 0 spiro atoms. The molecule has 112 valence electrons. The van der Waals surface area contributed by atoms with Gasteiger partial charge in [-0.15, -0.1) is 11.3 Å². The molecule has 2 nitrogen and oxygen atoms in total. The molecule has 0 bridgehead atoms. The third kappa shape index (κ3) is 3.92. The lowest BCUT2D eigenvalue weighted by Crippen LogP contribution is -2.33. The Morgan fingerprint density at radius 2 is 1.95 bits per heavy atom. The molecule has 0 radical (unpaired) electrons. The summed E-state index contributed by atoms with van der Waals surface area (Å²) >= 11 is 1.77. The summed E-state index contributed by atoms with van der Waals surface area (Å²) in [5.41, 5.74) is 2.31. The highest BCUT2D eigenvalue weighted by atomic mass is 32.1. The van der Waals surface area contributed by atoms with E-state index in [4.69, 9.17) is 4.98 Å². The van der Waals surface area contributed by atoms with Gasteiger partial charge in [-0.3, -0.25) is 0 Å². The quantitative estimate of drug-likeness (QED) is 0.815. The molecule has 1 aromatic heterocycles. The summed E-state index contributed by atoms with van der Waals surface area (Å²) in [5, 5.41) is 7.11. The highest BCUT2D eigenvalue weighted by molar-refractivity contribution is 7.09. The molecule has 3 rings (SSSR count). The maximum absolute atomic E-state index is 4.77. The minimum absolute atomic E-state index is 0.663. The second-order valence-electron chi connectivity index (χ2n) is 6.10. The van der Waals surface area contributed by atoms with E-state index in [1.54, 1.807) is 11.3 Å². The molecule has 2 atom stereocenters. The average Bonchev–Trinajstić information content (AvgIpc) is 2.90. The van der Waals surface area contributed by atoms with E-state index in [-0.39, 0.29) is 0 Å². The molecular formula is C18H24N2S. The number of hydrogen-bond donors (Lipinski definition) is 1. The molecular weight excluding hydrogens is 276 g/mol. The van der Waals surface area contributed by atoms with Crippen LogP contribution in [-0.4, -0.2) is 11.0 Å². The lowest BCUT2D eigenvalue weighted by molar-refractivity contribution is 0.356. The van der Waals surface area contributed by atoms with Gasteiger partial charge >= 0.3 is 0 Å². The fourth-order valence-corrected chi connectivity index (χ4v) is 3.90. The Morgan fingerprint density at radius 1 is 1.14 bits per heavy atom. The van der Waals surface area contributed by atoms with Crippen LogP contribution in [0.4, 0.5) is 0 Å². The number of benzene rings is 1. The van der Waals surface area contributed by atoms with Crippen LogP contribution in [0.5, 0.6) is 0 Å². The van der Waals surface area contributed by atoms with Gasteiger partial charge in [-0.05, 0) is 18.8 Å². The zero-order chi connectivity index (χ0) is 14.5. The first kappa shape index (κ1) is 14.7. The van der Waals surface area contributed by atoms with E-state index in [0.717, 1.165) is 18.2 Å². The van der Waals surface area contributed by atoms with Crippen molar-refractivity contribution in [3.63, 3.8) is 0 Å². The predicted molar refractivity (Wildman–Crippen MR) is 90.4 cm³/mol. The number of aromatic nitrogens is 1. The number of nitrogens with zero attached hydrogens (tertiary/aromatic N) is 1. The van der Waals surface area contributed by atoms with Gasteiger partial charge in [-0.2, -0.15) is 0 Å². The summed E-state index contributed by atoms with van der Waals surface area (Å²) in [6.45, 7) is 3.30. The molecule has 1 fully saturated rings. The van der Waals surface area contributed by atoms with Gasteiger partial charge in [0.05, 0.1) is 5.69 Å². The van der Waals surface area contributed by atoms with Crippen molar-refractivity contribution in [3.8, 4) is 11.3 Å². The zero-order valence-electron chi connectivity index (χ0n) is 12.7. The molecule has 1 N–H and O–H groups in total. The Kier molecular flexibility index (Phi) is 5.04. The van der Waals surface area contributed by atoms with E-state index in [1.807, 2.05) is 6.07 Å². The smallest absolute Gasteiger partial charge is 0.107 e. The summed E-state index contributed by atoms with van der Waals surface area (Å²) in [5.74, 6) is 0.793. The highest BCUT2D eigenvalue weighted by Gasteiger charge is 2.19. The van der Waals surface area contributed by atoms with Crippen molar-refractivity contribution >= 4 is 11.3 Å². The molecule has 1 heterocycles. The Hall–Kier alpha value is -1.19. The van der Waals surface area contributed by atoms with Crippen LogP contribution in [0.25, 0.3) is 11.3 Å². The minimum atomic E-state index is 0.663. The summed E-state index contributed by atoms with van der Waals surface area (Å²) in [6.07, 6.45) is 6.85. The Bertz CT molecular complexity index is 549. The molecule has 0 aliphatic heterocycles. The number of hydrogen-bond acceptors (Lipinski definition) is 3. The van der Waals surface area contributed by atoms with Crippen LogP contribution in [0.1, 0.15) is 44.0 Å². The third-order valence-corrected chi connectivity index (χ3v) is 5.35. The third-order valence-electron chi connectivity index (χ3n) is 4.50. The first-order valence-corrected chi connectivity index (χ1v) is 8.94. The second-order valence-corrected chi connectivity index (χ2v) is 7.04. The van der Waals surface area contributed by atoms with Crippen LogP contribution in [0, 0.1) is 5.92 Å². The van der Waals surface area contributed by atoms with Crippen molar-refractivity contribution in [1.82, 2.24) is 10.3 Å². The largest absolute Gasteiger partial charge is 0.307 e. The topological polar surface area (TPSA) is 24.9 Å². The van der Waals surface area contributed by atoms with Crippen LogP contribution < -0.4 is 5.32 Å². The number of nitrogens with one attached hydrogen (secondary N) is 1. The van der Waals surface area contributed by atoms with Crippen LogP contribution in [0.2, 0.25) is 0 Å². The summed E-state index contributed by atoms with van der Waals surface area (Å²) in [7, 11) is 0. The van der Waals surface area contributed by atoms with Crippen molar-refractivity contribution in [2.24, 2.45) is 5.92 Å². The fraction of sp³-hybridized carbons (Fsp3) is 0.500. The van der Waals surface area contributed by atoms with E-state index in [2.05, 4.69) is 41.9 Å². The molecule has 1 aliphatic carbocycles. The molecule has 1 aliphatic rings. The fourth-order valence-electron chi connectivity index (χ4n) is 3.15. The number of rotatable bonds is 4. The SMILES string of the molecule is CC1CCCCCC1NCc1nc(-c2ccccc2)cs1. The number of thiazole rings is 1. The van der Waals surface area contributed by atoms with E-state index in [9.17, 15) is 0 Å². The van der Waals surface area contributed by atoms with Crippen molar-refractivity contribution in [1.29, 1.82) is 0 Å². The van der Waals surface area contributed by atoms with Crippen molar-refractivity contribution in [2.45, 2.75) is 51.6 Å². The van der Waals surface area contributed by atoms with Crippen LogP contribution in [-0.2, 0) is 6.54 Å². The lowest BCUT2D eigenvalue weighted by atomic mass is 9.97. The van der Waals surface area contributed by atoms with Gasteiger partial charge in [0.2, 0.25) is 0 Å². The van der Waals surface area contributed by atoms with Gasteiger partial charge < -0.3 is 5.32 Å². The summed E-state index contributed by atoms with van der Waals surface area (Å²) < 4.78 is 0. The van der Waals surface area contributed by atoms with Crippen LogP contribution in [0.3, 0.4) is 0 Å². The van der Waals surface area contributed by atoms with E-state index in [0.29, 0.717) is 6.04 Å². The molecule has 3 heteroatoms. The molecule has 2 unspecified atom stereocenters. The first-order chi connectivity index (χ1) is 10.3. The molecule has 1 saturated carbocycles. The van der Waals surface area contributed by atoms with Gasteiger partial charge in [-0.25, -0.2) is 4.98 Å². The van der Waals surface area contributed by atoms with Crippen LogP contribution >= 0.6 is 11.3 Å². The lowest BCUT2D eigenvalue weighted by Gasteiger charge is -2.22. The van der Waals surface area contributed by atoms with E-state index in [1.165, 1.54) is 42.7 Å². The van der Waals surface area contributed by atoms with Gasteiger partial charge in [0.15, 0.2) is 0 Å². The summed E-state index contributed by atoms with van der Waals surface area (Å²) in [4.78, 5) is 4.77. The molecule has 21 heavy (non-hydrogen) atoms. The Labute approximate surface area is 131 Å². The van der Waals surface area contributed by atoms with E-state index < -0.39 is 0 Å². The van der Waals surface area contributed by atoms with E-state index >= 15 is 0 Å². The monoisotopic (exact) mass is 300 g/mol. The Morgan fingerprint density at radius 3 is 2.81 bits per heavy atom.